The molecule has 1 aromatic carbocycles. The van der Waals surface area contributed by atoms with Crippen molar-refractivity contribution in [1.29, 1.82) is 0 Å². The Balaban J connectivity index is 2.34. The van der Waals surface area contributed by atoms with E-state index in [9.17, 15) is 18.0 Å². The second-order valence-corrected chi connectivity index (χ2v) is 7.12. The smallest absolute Gasteiger partial charge is 0.251 e. The van der Waals surface area contributed by atoms with Crippen molar-refractivity contribution in [2.75, 3.05) is 18.0 Å². The molecule has 2 rings (SSSR count). The molecule has 1 unspecified atom stereocenters. The molecule has 120 valence electrons. The van der Waals surface area contributed by atoms with Gasteiger partial charge in [-0.3, -0.25) is 9.59 Å². The molecule has 0 bridgehead atoms. The number of rotatable bonds is 4. The first-order chi connectivity index (χ1) is 10.2. The summed E-state index contributed by atoms with van der Waals surface area (Å²) in [5.74, 6) is -0.548. The van der Waals surface area contributed by atoms with Crippen molar-refractivity contribution >= 4 is 27.5 Å². The Labute approximate surface area is 129 Å². The minimum atomic E-state index is -3.77. The fourth-order valence-corrected chi connectivity index (χ4v) is 3.16. The summed E-state index contributed by atoms with van der Waals surface area (Å²) in [5, 5.41) is 6.90. The maximum atomic E-state index is 12.1. The molecule has 1 aromatic rings. The molecular weight excluding hydrogens is 306 g/mol. The predicted molar refractivity (Wildman–Crippen MR) is 83.1 cm³/mol. The van der Waals surface area contributed by atoms with Gasteiger partial charge in [0.1, 0.15) is 5.25 Å². The van der Waals surface area contributed by atoms with Crippen LogP contribution in [0.15, 0.2) is 18.2 Å². The first-order valence-electron chi connectivity index (χ1n) is 6.95. The van der Waals surface area contributed by atoms with Crippen LogP contribution in [0.4, 0.5) is 5.69 Å². The Morgan fingerprint density at radius 1 is 1.45 bits per heavy atom. The van der Waals surface area contributed by atoms with Crippen LogP contribution in [0.1, 0.15) is 29.3 Å². The summed E-state index contributed by atoms with van der Waals surface area (Å²) in [6.07, 6.45) is -0.135. The molecule has 22 heavy (non-hydrogen) atoms. The van der Waals surface area contributed by atoms with E-state index in [0.29, 0.717) is 17.8 Å². The van der Waals surface area contributed by atoms with Gasteiger partial charge in [-0.2, -0.15) is 0 Å². The molecular formula is C14H19N3O4S. The average molecular weight is 325 g/mol. The number of anilines is 1. The topological polar surface area (TPSA) is 110 Å². The Hall–Kier alpha value is -1.93. The number of sulfonamides is 1. The van der Waals surface area contributed by atoms with Gasteiger partial charge in [0.25, 0.3) is 5.91 Å². The van der Waals surface area contributed by atoms with Crippen LogP contribution < -0.4 is 15.4 Å². The number of carbonyl (C=O) groups excluding carboxylic acids is 2. The number of aryl methyl sites for hydroxylation is 1. The molecule has 0 aliphatic carbocycles. The van der Waals surface area contributed by atoms with Crippen molar-refractivity contribution in [2.45, 2.75) is 25.5 Å². The number of nitrogens with zero attached hydrogens (tertiary/aromatic N) is 1. The first-order valence-corrected chi connectivity index (χ1v) is 8.55. The van der Waals surface area contributed by atoms with Crippen LogP contribution in [-0.2, 0) is 14.8 Å². The largest absolute Gasteiger partial charge is 0.352 e. The number of carbonyl (C=O) groups is 2. The molecule has 0 saturated carbocycles. The van der Waals surface area contributed by atoms with Gasteiger partial charge in [-0.25, -0.2) is 13.6 Å². The first kappa shape index (κ1) is 16.4. The number of benzene rings is 1. The van der Waals surface area contributed by atoms with Gasteiger partial charge in [-0.15, -0.1) is 0 Å². The van der Waals surface area contributed by atoms with Gasteiger partial charge in [0.05, 0.1) is 0 Å². The summed E-state index contributed by atoms with van der Waals surface area (Å²) < 4.78 is 22.9. The maximum absolute atomic E-state index is 12.1. The monoisotopic (exact) mass is 325 g/mol. The van der Waals surface area contributed by atoms with E-state index < -0.39 is 15.3 Å². The lowest BCUT2D eigenvalue weighted by atomic mass is 10.1. The van der Waals surface area contributed by atoms with Crippen LogP contribution in [0, 0.1) is 6.92 Å². The highest BCUT2D eigenvalue weighted by atomic mass is 32.2. The summed E-state index contributed by atoms with van der Waals surface area (Å²) in [4.78, 5) is 25.4. The molecule has 0 aromatic heterocycles. The van der Waals surface area contributed by atoms with E-state index in [2.05, 4.69) is 5.32 Å². The Kier molecular flexibility index (Phi) is 4.52. The summed E-state index contributed by atoms with van der Waals surface area (Å²) in [7, 11) is -3.77. The van der Waals surface area contributed by atoms with Gasteiger partial charge < -0.3 is 10.2 Å². The summed E-state index contributed by atoms with van der Waals surface area (Å²) >= 11 is 0. The van der Waals surface area contributed by atoms with Gasteiger partial charge in [0.15, 0.2) is 0 Å². The molecule has 1 saturated heterocycles. The van der Waals surface area contributed by atoms with E-state index in [4.69, 9.17) is 5.14 Å². The van der Waals surface area contributed by atoms with E-state index in [0.717, 1.165) is 5.56 Å². The molecule has 2 amide bonds. The molecule has 0 radical (unpaired) electrons. The highest BCUT2D eigenvalue weighted by Gasteiger charge is 2.37. The zero-order valence-corrected chi connectivity index (χ0v) is 13.3. The molecule has 7 nitrogen and oxygen atoms in total. The van der Waals surface area contributed by atoms with Crippen molar-refractivity contribution in [2.24, 2.45) is 5.14 Å². The van der Waals surface area contributed by atoms with E-state index >= 15 is 0 Å². The van der Waals surface area contributed by atoms with Crippen molar-refractivity contribution in [1.82, 2.24) is 5.32 Å². The van der Waals surface area contributed by atoms with Crippen LogP contribution in [0.2, 0.25) is 0 Å². The lowest BCUT2D eigenvalue weighted by Crippen LogP contribution is -2.32. The summed E-state index contributed by atoms with van der Waals surface area (Å²) in [6.45, 7) is 4.12. The molecule has 1 heterocycles. The molecule has 1 atom stereocenters. The Morgan fingerprint density at radius 2 is 2.14 bits per heavy atom. The fraction of sp³-hybridized carbons (Fsp3) is 0.429. The van der Waals surface area contributed by atoms with E-state index in [1.165, 1.54) is 4.90 Å². The van der Waals surface area contributed by atoms with E-state index in [-0.39, 0.29) is 24.8 Å². The van der Waals surface area contributed by atoms with Gasteiger partial charge in [0, 0.05) is 30.8 Å². The average Bonchev–Trinajstić information content (AvgIpc) is 2.81. The molecule has 8 heteroatoms. The second kappa shape index (κ2) is 6.05. The van der Waals surface area contributed by atoms with Crippen molar-refractivity contribution in [3.63, 3.8) is 0 Å². The Bertz CT molecular complexity index is 715. The highest BCUT2D eigenvalue weighted by Crippen LogP contribution is 2.28. The van der Waals surface area contributed by atoms with Gasteiger partial charge >= 0.3 is 0 Å². The van der Waals surface area contributed by atoms with Gasteiger partial charge in [-0.05, 0) is 31.5 Å². The third-order valence-corrected chi connectivity index (χ3v) is 4.90. The molecule has 1 aliphatic rings. The molecule has 1 fully saturated rings. The third-order valence-electron chi connectivity index (χ3n) is 3.65. The Morgan fingerprint density at radius 3 is 2.68 bits per heavy atom. The number of primary sulfonamides is 1. The molecule has 0 spiro atoms. The summed E-state index contributed by atoms with van der Waals surface area (Å²) in [6, 6.07) is 5.00. The minimum absolute atomic E-state index is 0.0113. The standard InChI is InChI=1S/C14H19N3O4S/c1-3-16-14(19)10-5-4-9(2)12(6-10)17-8-11(7-13(17)18)22(15,20)21/h4-6,11H,3,7-8H2,1-2H3,(H,16,19)(H2,15,20,21). The number of hydrogen-bond acceptors (Lipinski definition) is 4. The van der Waals surface area contributed by atoms with Crippen LogP contribution in [0.3, 0.4) is 0 Å². The lowest BCUT2D eigenvalue weighted by molar-refractivity contribution is -0.117. The SMILES string of the molecule is CCNC(=O)c1ccc(C)c(N2CC(S(N)(=O)=O)CC2=O)c1. The van der Waals surface area contributed by atoms with Crippen LogP contribution in [-0.4, -0.2) is 38.6 Å². The van der Waals surface area contributed by atoms with Crippen LogP contribution in [0.25, 0.3) is 0 Å². The normalized spacial score (nSPS) is 18.6. The van der Waals surface area contributed by atoms with Crippen molar-refractivity contribution < 1.29 is 18.0 Å². The van der Waals surface area contributed by atoms with Crippen LogP contribution in [0.5, 0.6) is 0 Å². The van der Waals surface area contributed by atoms with Crippen molar-refractivity contribution in [3.05, 3.63) is 29.3 Å². The zero-order valence-electron chi connectivity index (χ0n) is 12.5. The quantitative estimate of drug-likeness (QED) is 0.820. The second-order valence-electron chi connectivity index (χ2n) is 5.28. The lowest BCUT2D eigenvalue weighted by Gasteiger charge is -2.19. The fourth-order valence-electron chi connectivity index (χ4n) is 2.43. The van der Waals surface area contributed by atoms with Crippen molar-refractivity contribution in [3.8, 4) is 0 Å². The van der Waals surface area contributed by atoms with E-state index in [1.54, 1.807) is 25.1 Å². The highest BCUT2D eigenvalue weighted by molar-refractivity contribution is 7.89. The van der Waals surface area contributed by atoms with Gasteiger partial charge in [0.2, 0.25) is 15.9 Å². The molecule has 1 aliphatic heterocycles. The number of hydrogen-bond donors (Lipinski definition) is 2. The zero-order chi connectivity index (χ0) is 16.5. The van der Waals surface area contributed by atoms with Gasteiger partial charge in [-0.1, -0.05) is 6.07 Å². The predicted octanol–water partition coefficient (Wildman–Crippen LogP) is 0.139. The maximum Gasteiger partial charge on any atom is 0.251 e. The van der Waals surface area contributed by atoms with E-state index in [1.807, 2.05) is 6.92 Å². The van der Waals surface area contributed by atoms with Crippen LogP contribution >= 0.6 is 0 Å². The summed E-state index contributed by atoms with van der Waals surface area (Å²) in [5.41, 5.74) is 1.76. The number of nitrogens with one attached hydrogen (secondary N) is 1. The number of amides is 2. The number of nitrogens with two attached hydrogens (primary N) is 1. The third kappa shape index (κ3) is 3.28. The minimum Gasteiger partial charge on any atom is -0.352 e. The molecule has 3 N–H and O–H groups in total.